The summed E-state index contributed by atoms with van der Waals surface area (Å²) >= 11 is 1.26. The largest absolute Gasteiger partial charge is 0.477 e. The summed E-state index contributed by atoms with van der Waals surface area (Å²) in [6.45, 7) is 1.66. The van der Waals surface area contributed by atoms with Crippen LogP contribution in [-0.4, -0.2) is 22.3 Å². The molecule has 0 radical (unpaired) electrons. The smallest absolute Gasteiger partial charge is 0.346 e. The van der Waals surface area contributed by atoms with Gasteiger partial charge in [0.25, 0.3) is 0 Å². The van der Waals surface area contributed by atoms with Gasteiger partial charge in [0.1, 0.15) is 4.88 Å². The molecule has 0 saturated carbocycles. The molecule has 2 rings (SSSR count). The number of carboxylic acids is 1. The van der Waals surface area contributed by atoms with E-state index >= 15 is 0 Å². The van der Waals surface area contributed by atoms with Gasteiger partial charge in [-0.25, -0.2) is 4.79 Å². The third-order valence-corrected chi connectivity index (χ3v) is 3.59. The number of carboxylic acid groups (broad SMARTS) is 1. The number of fused-ring (bicyclic) bond motifs is 1. The van der Waals surface area contributed by atoms with Crippen LogP contribution in [-0.2, 0) is 6.42 Å². The van der Waals surface area contributed by atoms with Crippen molar-refractivity contribution in [2.24, 2.45) is 0 Å². The average molecular weight is 236 g/mol. The maximum atomic E-state index is 11.1. The van der Waals surface area contributed by atoms with Crippen LogP contribution in [0.4, 0.5) is 0 Å². The molecule has 1 unspecified atom stereocenters. The lowest BCUT2D eigenvalue weighted by molar-refractivity contribution is 0.0700. The van der Waals surface area contributed by atoms with E-state index in [9.17, 15) is 9.90 Å². The Hall–Kier alpha value is -1.39. The number of aromatic carboxylic acids is 1. The van der Waals surface area contributed by atoms with Crippen LogP contribution in [0.15, 0.2) is 24.3 Å². The van der Waals surface area contributed by atoms with E-state index in [1.807, 2.05) is 24.3 Å². The Kier molecular flexibility index (Phi) is 2.94. The Morgan fingerprint density at radius 2 is 2.12 bits per heavy atom. The number of thiophene rings is 1. The van der Waals surface area contributed by atoms with E-state index < -0.39 is 12.1 Å². The second-order valence-corrected chi connectivity index (χ2v) is 4.82. The summed E-state index contributed by atoms with van der Waals surface area (Å²) in [7, 11) is 0. The number of aliphatic hydroxyl groups is 1. The summed E-state index contributed by atoms with van der Waals surface area (Å²) < 4.78 is 0.954. The normalized spacial score (nSPS) is 12.9. The summed E-state index contributed by atoms with van der Waals surface area (Å²) in [5.74, 6) is -0.920. The summed E-state index contributed by atoms with van der Waals surface area (Å²) in [4.78, 5) is 11.4. The van der Waals surface area contributed by atoms with Gasteiger partial charge < -0.3 is 10.2 Å². The first-order valence-electron chi connectivity index (χ1n) is 5.01. The first-order chi connectivity index (χ1) is 7.59. The van der Waals surface area contributed by atoms with Crippen molar-refractivity contribution in [1.82, 2.24) is 0 Å². The zero-order valence-corrected chi connectivity index (χ0v) is 9.62. The van der Waals surface area contributed by atoms with E-state index in [4.69, 9.17) is 5.11 Å². The first-order valence-corrected chi connectivity index (χ1v) is 5.83. The van der Waals surface area contributed by atoms with E-state index in [1.54, 1.807) is 6.92 Å². The standard InChI is InChI=1S/C12H12O3S/c1-7(13)6-9-8-4-2-3-5-10(8)16-11(9)12(14)15/h2-5,7,13H,6H2,1H3,(H,14,15). The number of rotatable bonds is 3. The molecule has 1 heterocycles. The third kappa shape index (κ3) is 1.94. The Bertz CT molecular complexity index is 528. The van der Waals surface area contributed by atoms with Crippen LogP contribution in [0.2, 0.25) is 0 Å². The molecule has 0 aliphatic rings. The predicted octanol–water partition coefficient (Wildman–Crippen LogP) is 2.52. The molecule has 0 bridgehead atoms. The lowest BCUT2D eigenvalue weighted by Crippen LogP contribution is -2.07. The van der Waals surface area contributed by atoms with Gasteiger partial charge in [0, 0.05) is 11.1 Å². The topological polar surface area (TPSA) is 57.5 Å². The van der Waals surface area contributed by atoms with Crippen LogP contribution in [0.25, 0.3) is 10.1 Å². The molecule has 0 aliphatic carbocycles. The summed E-state index contributed by atoms with van der Waals surface area (Å²) in [5.41, 5.74) is 0.739. The average Bonchev–Trinajstić information content (AvgIpc) is 2.57. The van der Waals surface area contributed by atoms with Gasteiger partial charge in [-0.15, -0.1) is 11.3 Å². The second kappa shape index (κ2) is 4.23. The van der Waals surface area contributed by atoms with Gasteiger partial charge in [0.05, 0.1) is 6.10 Å². The van der Waals surface area contributed by atoms with Crippen molar-refractivity contribution >= 4 is 27.4 Å². The molecule has 1 aromatic heterocycles. The van der Waals surface area contributed by atoms with Crippen molar-refractivity contribution in [3.05, 3.63) is 34.7 Å². The summed E-state index contributed by atoms with van der Waals surface area (Å²) in [6, 6.07) is 7.57. The van der Waals surface area contributed by atoms with E-state index in [0.29, 0.717) is 11.3 Å². The monoisotopic (exact) mass is 236 g/mol. The minimum Gasteiger partial charge on any atom is -0.477 e. The highest BCUT2D eigenvalue weighted by Gasteiger charge is 2.18. The minimum absolute atomic E-state index is 0.335. The quantitative estimate of drug-likeness (QED) is 0.861. The van der Waals surface area contributed by atoms with Gasteiger partial charge in [-0.05, 0) is 23.9 Å². The van der Waals surface area contributed by atoms with Crippen molar-refractivity contribution in [2.45, 2.75) is 19.4 Å². The van der Waals surface area contributed by atoms with Crippen LogP contribution in [0.1, 0.15) is 22.2 Å². The fourth-order valence-electron chi connectivity index (χ4n) is 1.77. The van der Waals surface area contributed by atoms with Crippen molar-refractivity contribution in [1.29, 1.82) is 0 Å². The molecule has 4 heteroatoms. The molecule has 3 nitrogen and oxygen atoms in total. The highest BCUT2D eigenvalue weighted by Crippen LogP contribution is 2.32. The lowest BCUT2D eigenvalue weighted by atomic mass is 10.0. The van der Waals surface area contributed by atoms with E-state index in [0.717, 1.165) is 15.6 Å². The molecule has 0 saturated heterocycles. The van der Waals surface area contributed by atoms with Crippen LogP contribution in [0, 0.1) is 0 Å². The number of hydrogen-bond acceptors (Lipinski definition) is 3. The first kappa shape index (κ1) is 11.1. The van der Waals surface area contributed by atoms with Gasteiger partial charge in [-0.3, -0.25) is 0 Å². The highest BCUT2D eigenvalue weighted by atomic mass is 32.1. The number of aliphatic hydroxyl groups excluding tert-OH is 1. The Labute approximate surface area is 97.0 Å². The molecule has 0 fully saturated rings. The zero-order valence-electron chi connectivity index (χ0n) is 8.80. The molecule has 0 aliphatic heterocycles. The molecule has 16 heavy (non-hydrogen) atoms. The highest BCUT2D eigenvalue weighted by molar-refractivity contribution is 7.21. The van der Waals surface area contributed by atoms with Gasteiger partial charge in [-0.2, -0.15) is 0 Å². The molecule has 1 atom stereocenters. The Morgan fingerprint density at radius 1 is 1.44 bits per heavy atom. The number of benzene rings is 1. The molecule has 1 aromatic carbocycles. The molecular formula is C12H12O3S. The molecule has 0 amide bonds. The number of hydrogen-bond donors (Lipinski definition) is 2. The molecular weight excluding hydrogens is 224 g/mol. The van der Waals surface area contributed by atoms with Gasteiger partial charge >= 0.3 is 5.97 Å². The number of carbonyl (C=O) groups is 1. The van der Waals surface area contributed by atoms with Crippen LogP contribution in [0.3, 0.4) is 0 Å². The fourth-order valence-corrected chi connectivity index (χ4v) is 2.84. The summed E-state index contributed by atoms with van der Waals surface area (Å²) in [5, 5.41) is 19.4. The maximum absolute atomic E-state index is 11.1. The van der Waals surface area contributed by atoms with Crippen LogP contribution in [0.5, 0.6) is 0 Å². The maximum Gasteiger partial charge on any atom is 0.346 e. The van der Waals surface area contributed by atoms with Crippen molar-refractivity contribution < 1.29 is 15.0 Å². The molecule has 84 valence electrons. The molecule has 2 N–H and O–H groups in total. The van der Waals surface area contributed by atoms with Crippen molar-refractivity contribution in [2.75, 3.05) is 0 Å². The zero-order chi connectivity index (χ0) is 11.7. The SMILES string of the molecule is CC(O)Cc1c(C(=O)O)sc2ccccc12. The Balaban J connectivity index is 2.64. The summed E-state index contributed by atoms with van der Waals surface area (Å²) in [6.07, 6.45) is -0.151. The Morgan fingerprint density at radius 3 is 2.75 bits per heavy atom. The third-order valence-electron chi connectivity index (χ3n) is 2.39. The lowest BCUT2D eigenvalue weighted by Gasteiger charge is -2.04. The van der Waals surface area contributed by atoms with Gasteiger partial charge in [0.2, 0.25) is 0 Å². The van der Waals surface area contributed by atoms with E-state index in [-0.39, 0.29) is 0 Å². The van der Waals surface area contributed by atoms with Gasteiger partial charge in [0.15, 0.2) is 0 Å². The fraction of sp³-hybridized carbons (Fsp3) is 0.250. The van der Waals surface area contributed by atoms with E-state index in [2.05, 4.69) is 0 Å². The second-order valence-electron chi connectivity index (χ2n) is 3.76. The van der Waals surface area contributed by atoms with Crippen molar-refractivity contribution in [3.8, 4) is 0 Å². The van der Waals surface area contributed by atoms with Crippen molar-refractivity contribution in [3.63, 3.8) is 0 Å². The van der Waals surface area contributed by atoms with Crippen LogP contribution >= 0.6 is 11.3 Å². The molecule has 0 spiro atoms. The van der Waals surface area contributed by atoms with Crippen LogP contribution < -0.4 is 0 Å². The minimum atomic E-state index is -0.920. The van der Waals surface area contributed by atoms with Gasteiger partial charge in [-0.1, -0.05) is 18.2 Å². The predicted molar refractivity (Wildman–Crippen MR) is 64.2 cm³/mol. The van der Waals surface area contributed by atoms with E-state index in [1.165, 1.54) is 11.3 Å². The molecule has 2 aromatic rings.